The van der Waals surface area contributed by atoms with Crippen molar-refractivity contribution in [1.82, 2.24) is 4.72 Å². The highest BCUT2D eigenvalue weighted by molar-refractivity contribution is 7.89. The van der Waals surface area contributed by atoms with E-state index in [1.807, 2.05) is 0 Å². The summed E-state index contributed by atoms with van der Waals surface area (Å²) < 4.78 is 25.8. The predicted octanol–water partition coefficient (Wildman–Crippen LogP) is 0.194. The maximum absolute atomic E-state index is 11.8. The van der Waals surface area contributed by atoms with E-state index in [1.165, 1.54) is 24.3 Å². The van der Waals surface area contributed by atoms with Crippen LogP contribution in [0, 0.1) is 34.0 Å². The zero-order valence-electron chi connectivity index (χ0n) is 11.2. The van der Waals surface area contributed by atoms with Gasteiger partial charge in [-0.3, -0.25) is 0 Å². The molecule has 0 unspecified atom stereocenters. The Hall–Kier alpha value is -2.90. The van der Waals surface area contributed by atoms with Crippen LogP contribution in [0.4, 0.5) is 5.69 Å². The molecule has 0 spiro atoms. The number of hydrogen-bond donors (Lipinski definition) is 3. The van der Waals surface area contributed by atoms with E-state index in [0.717, 1.165) is 0 Å². The third-order valence-corrected chi connectivity index (χ3v) is 3.90. The molecule has 0 aromatic heterocycles. The fraction of sp³-hybridized carbons (Fsp3) is 0.154. The number of allylic oxidation sites excluding steroid dienone is 2. The number of aliphatic hydroxyl groups is 1. The maximum atomic E-state index is 11.8. The number of benzene rings is 1. The first-order valence-corrected chi connectivity index (χ1v) is 7.39. The Morgan fingerprint density at radius 3 is 2.14 bits per heavy atom. The first-order valence-electron chi connectivity index (χ1n) is 5.90. The van der Waals surface area contributed by atoms with E-state index in [2.05, 4.69) is 10.0 Å². The molecule has 1 aromatic rings. The highest BCUT2D eigenvalue weighted by Gasteiger charge is 2.13. The first kappa shape index (κ1) is 17.2. The highest BCUT2D eigenvalue weighted by Crippen LogP contribution is 2.16. The summed E-state index contributed by atoms with van der Waals surface area (Å²) in [7, 11) is -3.72. The van der Waals surface area contributed by atoms with Crippen molar-refractivity contribution >= 4 is 15.7 Å². The van der Waals surface area contributed by atoms with Gasteiger partial charge in [0.1, 0.15) is 23.9 Å². The molecule has 112 valence electrons. The van der Waals surface area contributed by atoms with Gasteiger partial charge in [0, 0.05) is 12.2 Å². The van der Waals surface area contributed by atoms with E-state index in [1.54, 1.807) is 18.2 Å². The quantitative estimate of drug-likeness (QED) is 0.634. The fourth-order valence-electron chi connectivity index (χ4n) is 1.41. The lowest BCUT2D eigenvalue weighted by Crippen LogP contribution is -2.26. The van der Waals surface area contributed by atoms with Crippen LogP contribution >= 0.6 is 0 Å². The second-order valence-corrected chi connectivity index (χ2v) is 5.62. The minimum atomic E-state index is -3.72. The summed E-state index contributed by atoms with van der Waals surface area (Å²) in [5.74, 6) is 0. The molecular weight excluding hydrogens is 306 g/mol. The van der Waals surface area contributed by atoms with E-state index >= 15 is 0 Å². The fourth-order valence-corrected chi connectivity index (χ4v) is 2.43. The second kappa shape index (κ2) is 7.77. The molecule has 8 nitrogen and oxygen atoms in total. The topological polar surface area (TPSA) is 150 Å². The molecule has 0 radical (unpaired) electrons. The van der Waals surface area contributed by atoms with Crippen molar-refractivity contribution in [3.63, 3.8) is 0 Å². The predicted molar refractivity (Wildman–Crippen MR) is 76.2 cm³/mol. The van der Waals surface area contributed by atoms with Gasteiger partial charge < -0.3 is 10.4 Å². The van der Waals surface area contributed by atoms with Crippen molar-refractivity contribution in [2.45, 2.75) is 4.90 Å². The number of hydrogen-bond acceptors (Lipinski definition) is 7. The van der Waals surface area contributed by atoms with Gasteiger partial charge in [-0.15, -0.1) is 0 Å². The minimum absolute atomic E-state index is 0.0187. The average molecular weight is 317 g/mol. The lowest BCUT2D eigenvalue weighted by Gasteiger charge is -2.08. The third kappa shape index (κ3) is 4.30. The summed E-state index contributed by atoms with van der Waals surface area (Å²) >= 11 is 0. The van der Waals surface area contributed by atoms with E-state index in [0.29, 0.717) is 5.69 Å². The summed E-state index contributed by atoms with van der Waals surface area (Å²) in [5, 5.41) is 37.5. The van der Waals surface area contributed by atoms with Crippen LogP contribution in [0.1, 0.15) is 0 Å². The number of nitriles is 3. The highest BCUT2D eigenvalue weighted by atomic mass is 32.2. The number of sulfonamides is 1. The van der Waals surface area contributed by atoms with Gasteiger partial charge in [-0.25, -0.2) is 13.1 Å². The average Bonchev–Trinajstić information content (AvgIpc) is 2.53. The molecule has 3 N–H and O–H groups in total. The minimum Gasteiger partial charge on any atom is -0.395 e. The van der Waals surface area contributed by atoms with Crippen LogP contribution in [0.25, 0.3) is 0 Å². The summed E-state index contributed by atoms with van der Waals surface area (Å²) in [5.41, 5.74) is -0.247. The lowest BCUT2D eigenvalue weighted by atomic mass is 10.2. The first-order chi connectivity index (χ1) is 10.5. The molecule has 1 rings (SSSR count). The van der Waals surface area contributed by atoms with Gasteiger partial charge in [0.15, 0.2) is 5.57 Å². The zero-order valence-corrected chi connectivity index (χ0v) is 12.1. The summed E-state index contributed by atoms with van der Waals surface area (Å²) in [4.78, 5) is -0.0187. The Balaban J connectivity index is 3.01. The van der Waals surface area contributed by atoms with Gasteiger partial charge in [-0.1, -0.05) is 0 Å². The van der Waals surface area contributed by atoms with Gasteiger partial charge in [0.25, 0.3) is 0 Å². The van der Waals surface area contributed by atoms with Crippen LogP contribution in [0.5, 0.6) is 0 Å². The number of anilines is 1. The number of nitrogens with zero attached hydrogens (tertiary/aromatic N) is 3. The van der Waals surface area contributed by atoms with E-state index in [-0.39, 0.29) is 29.3 Å². The normalized spacial score (nSPS) is 9.91. The molecule has 0 aliphatic rings. The largest absolute Gasteiger partial charge is 0.395 e. The third-order valence-electron chi connectivity index (χ3n) is 2.42. The van der Waals surface area contributed by atoms with Gasteiger partial charge in [0.2, 0.25) is 10.0 Å². The Kier molecular flexibility index (Phi) is 6.06. The van der Waals surface area contributed by atoms with Crippen LogP contribution in [-0.4, -0.2) is 26.7 Å². The standard InChI is InChI=1S/C13H11N5O3S/c14-7-10(8-15)13(9-16)18-11-1-3-12(4-2-11)22(20,21)17-5-6-19/h1-4,17-19H,5-6H2. The molecule has 0 aliphatic heterocycles. The second-order valence-electron chi connectivity index (χ2n) is 3.86. The number of nitrogens with one attached hydrogen (secondary N) is 2. The molecule has 22 heavy (non-hydrogen) atoms. The molecule has 0 aliphatic carbocycles. The molecule has 0 bridgehead atoms. The van der Waals surface area contributed by atoms with E-state index < -0.39 is 10.0 Å². The molecule has 1 aromatic carbocycles. The molecule has 0 amide bonds. The molecule has 0 fully saturated rings. The zero-order chi connectivity index (χ0) is 16.6. The van der Waals surface area contributed by atoms with Crippen LogP contribution in [0.15, 0.2) is 40.4 Å². The van der Waals surface area contributed by atoms with E-state index in [9.17, 15) is 8.42 Å². The SMILES string of the molecule is N#CC(C#N)=C(C#N)Nc1ccc(S(=O)(=O)NCCO)cc1. The van der Waals surface area contributed by atoms with Crippen LogP contribution < -0.4 is 10.0 Å². The Bertz CT molecular complexity index is 776. The van der Waals surface area contributed by atoms with Crippen LogP contribution in [0.3, 0.4) is 0 Å². The molecular formula is C13H11N5O3S. The number of aliphatic hydroxyl groups excluding tert-OH is 1. The van der Waals surface area contributed by atoms with Gasteiger partial charge in [0.05, 0.1) is 11.5 Å². The molecule has 0 saturated heterocycles. The smallest absolute Gasteiger partial charge is 0.240 e. The molecule has 0 atom stereocenters. The summed E-state index contributed by atoms with van der Waals surface area (Å²) in [6.45, 7) is -0.419. The Labute approximate surface area is 127 Å². The van der Waals surface area contributed by atoms with Crippen molar-refractivity contribution in [2.75, 3.05) is 18.5 Å². The number of rotatable bonds is 6. The Morgan fingerprint density at radius 1 is 1.09 bits per heavy atom. The van der Waals surface area contributed by atoms with Crippen molar-refractivity contribution in [2.24, 2.45) is 0 Å². The van der Waals surface area contributed by atoms with Gasteiger partial charge >= 0.3 is 0 Å². The van der Waals surface area contributed by atoms with Crippen molar-refractivity contribution in [1.29, 1.82) is 15.8 Å². The van der Waals surface area contributed by atoms with Crippen molar-refractivity contribution < 1.29 is 13.5 Å². The van der Waals surface area contributed by atoms with Crippen molar-refractivity contribution in [3.05, 3.63) is 35.5 Å². The van der Waals surface area contributed by atoms with Gasteiger partial charge in [-0.05, 0) is 24.3 Å². The van der Waals surface area contributed by atoms with Crippen LogP contribution in [-0.2, 0) is 10.0 Å². The van der Waals surface area contributed by atoms with Gasteiger partial charge in [-0.2, -0.15) is 15.8 Å². The van der Waals surface area contributed by atoms with E-state index in [4.69, 9.17) is 20.9 Å². The monoisotopic (exact) mass is 317 g/mol. The summed E-state index contributed by atoms with van der Waals surface area (Å²) in [6.07, 6.45) is 0. The van der Waals surface area contributed by atoms with Crippen molar-refractivity contribution in [3.8, 4) is 18.2 Å². The lowest BCUT2D eigenvalue weighted by molar-refractivity contribution is 0.301. The van der Waals surface area contributed by atoms with Crippen LogP contribution in [0.2, 0.25) is 0 Å². The maximum Gasteiger partial charge on any atom is 0.240 e. The molecule has 9 heteroatoms. The Morgan fingerprint density at radius 2 is 1.68 bits per heavy atom. The summed E-state index contributed by atoms with van der Waals surface area (Å²) in [6, 6.07) is 10.2. The molecule has 0 saturated carbocycles. The molecule has 0 heterocycles.